The molecule has 3 rings (SSSR count). The third kappa shape index (κ3) is 9.79. The lowest BCUT2D eigenvalue weighted by Gasteiger charge is -2.45. The van der Waals surface area contributed by atoms with Gasteiger partial charge in [0, 0.05) is 49.8 Å². The van der Waals surface area contributed by atoms with E-state index in [1.165, 1.54) is 19.8 Å². The number of hydrogen-bond acceptors (Lipinski definition) is 7. The van der Waals surface area contributed by atoms with E-state index in [-0.39, 0.29) is 17.7 Å². The molecule has 1 aromatic carbocycles. The lowest BCUT2D eigenvalue weighted by molar-refractivity contribution is -0.116. The van der Waals surface area contributed by atoms with E-state index < -0.39 is 11.3 Å². The Kier molecular flexibility index (Phi) is 12.8. The number of carbonyl (C=O) groups excluding carboxylic acids is 1. The van der Waals surface area contributed by atoms with Gasteiger partial charge in [0.25, 0.3) is 0 Å². The van der Waals surface area contributed by atoms with Crippen molar-refractivity contribution in [3.8, 4) is 0 Å². The number of hydrogen-bond donors (Lipinski definition) is 3. The van der Waals surface area contributed by atoms with Gasteiger partial charge in [-0.3, -0.25) is 4.79 Å². The number of benzene rings is 1. The van der Waals surface area contributed by atoms with Gasteiger partial charge in [0.2, 0.25) is 11.9 Å². The average molecular weight is 593 g/mol. The fourth-order valence-electron chi connectivity index (χ4n) is 4.71. The zero-order valence-corrected chi connectivity index (χ0v) is 26.9. The van der Waals surface area contributed by atoms with E-state index in [1.807, 2.05) is 36.9 Å². The monoisotopic (exact) mass is 592 g/mol. The highest BCUT2D eigenvalue weighted by molar-refractivity contribution is 6.32. The van der Waals surface area contributed by atoms with Crippen molar-refractivity contribution in [2.75, 3.05) is 41.3 Å². The number of alkyl halides is 1. The Morgan fingerprint density at radius 3 is 2.54 bits per heavy atom. The molecule has 1 aromatic heterocycles. The minimum Gasteiger partial charge on any atom is -0.390 e. The van der Waals surface area contributed by atoms with Gasteiger partial charge in [-0.15, -0.1) is 0 Å². The quantitative estimate of drug-likeness (QED) is 0.283. The highest BCUT2D eigenvalue weighted by Crippen LogP contribution is 2.39. The number of nitrogens with zero attached hydrogens (tertiary/aromatic N) is 4. The van der Waals surface area contributed by atoms with Crippen LogP contribution in [-0.4, -0.2) is 58.4 Å². The molecule has 3 unspecified atom stereocenters. The second-order valence-electron chi connectivity index (χ2n) is 12.0. The fraction of sp³-hybridized carbons (Fsp3) is 0.645. The molecule has 1 aliphatic rings. The van der Waals surface area contributed by atoms with E-state index in [0.29, 0.717) is 61.5 Å². The Bertz CT molecular complexity index is 1140. The van der Waals surface area contributed by atoms with Crippen LogP contribution in [0.2, 0.25) is 5.02 Å². The fourth-order valence-corrected chi connectivity index (χ4v) is 4.85. The van der Waals surface area contributed by atoms with E-state index >= 15 is 4.39 Å². The summed E-state index contributed by atoms with van der Waals surface area (Å²) in [7, 11) is 0. The molecular weight excluding hydrogens is 543 g/mol. The number of nitrogens with two attached hydrogens (primary N) is 1. The van der Waals surface area contributed by atoms with E-state index in [2.05, 4.69) is 29.1 Å². The van der Waals surface area contributed by atoms with Crippen molar-refractivity contribution >= 4 is 40.6 Å². The van der Waals surface area contributed by atoms with E-state index in [1.54, 1.807) is 31.9 Å². The molecule has 0 bridgehead atoms. The van der Waals surface area contributed by atoms with Crippen molar-refractivity contribution in [3.63, 3.8) is 0 Å². The maximum Gasteiger partial charge on any atom is 0.227 e. The molecule has 10 heteroatoms. The van der Waals surface area contributed by atoms with Gasteiger partial charge >= 0.3 is 0 Å². The van der Waals surface area contributed by atoms with Crippen molar-refractivity contribution in [1.82, 2.24) is 9.97 Å². The van der Waals surface area contributed by atoms with Gasteiger partial charge in [0.15, 0.2) is 5.82 Å². The SMILES string of the molecule is CC(=O)N(CCC(C)(C)O)c1cc(Nc2nc(N3CC(C)C(C)(F)C(CCN)C3)ncc2Cl)ccc1C.CCCC. The highest BCUT2D eigenvalue weighted by atomic mass is 35.5. The largest absolute Gasteiger partial charge is 0.390 e. The second kappa shape index (κ2) is 15.1. The van der Waals surface area contributed by atoms with Crippen molar-refractivity contribution in [1.29, 1.82) is 0 Å². The van der Waals surface area contributed by atoms with Crippen LogP contribution >= 0.6 is 11.6 Å². The average Bonchev–Trinajstić information content (AvgIpc) is 2.89. The van der Waals surface area contributed by atoms with Crippen LogP contribution in [0.25, 0.3) is 0 Å². The van der Waals surface area contributed by atoms with Crippen LogP contribution in [0, 0.1) is 18.8 Å². The highest BCUT2D eigenvalue weighted by Gasteiger charge is 2.45. The first kappa shape index (κ1) is 34.7. The summed E-state index contributed by atoms with van der Waals surface area (Å²) in [5, 5.41) is 13.8. The van der Waals surface area contributed by atoms with Crippen molar-refractivity contribution in [2.24, 2.45) is 17.6 Å². The first-order chi connectivity index (χ1) is 19.1. The molecule has 1 saturated heterocycles. The first-order valence-electron chi connectivity index (χ1n) is 14.7. The molecule has 2 heterocycles. The number of piperidine rings is 1. The molecular formula is C31H50ClFN6O2. The molecule has 3 atom stereocenters. The van der Waals surface area contributed by atoms with E-state index in [4.69, 9.17) is 17.3 Å². The molecule has 230 valence electrons. The van der Waals surface area contributed by atoms with Gasteiger partial charge < -0.3 is 26.0 Å². The van der Waals surface area contributed by atoms with Gasteiger partial charge in [-0.2, -0.15) is 4.98 Å². The van der Waals surface area contributed by atoms with Crippen molar-refractivity contribution < 1.29 is 14.3 Å². The molecule has 0 aliphatic carbocycles. The minimum atomic E-state index is -1.31. The number of rotatable bonds is 10. The third-order valence-electron chi connectivity index (χ3n) is 7.82. The molecule has 0 radical (unpaired) electrons. The summed E-state index contributed by atoms with van der Waals surface area (Å²) >= 11 is 6.45. The first-order valence-corrected chi connectivity index (χ1v) is 15.1. The van der Waals surface area contributed by atoms with Crippen molar-refractivity contribution in [3.05, 3.63) is 35.0 Å². The molecule has 0 spiro atoms. The Morgan fingerprint density at radius 1 is 1.32 bits per heavy atom. The zero-order valence-electron chi connectivity index (χ0n) is 26.1. The Morgan fingerprint density at radius 2 is 1.98 bits per heavy atom. The molecule has 1 aliphatic heterocycles. The Hall–Kier alpha value is -2.49. The Balaban J connectivity index is 0.00000138. The smallest absolute Gasteiger partial charge is 0.227 e. The number of unbranched alkanes of at least 4 members (excludes halogenated alkanes) is 1. The molecule has 2 aromatic rings. The maximum atomic E-state index is 15.4. The third-order valence-corrected chi connectivity index (χ3v) is 8.09. The summed E-state index contributed by atoms with van der Waals surface area (Å²) < 4.78 is 15.4. The molecule has 0 saturated carbocycles. The van der Waals surface area contributed by atoms with Crippen LogP contribution < -0.4 is 20.9 Å². The van der Waals surface area contributed by atoms with Gasteiger partial charge in [-0.25, -0.2) is 9.37 Å². The molecule has 8 nitrogen and oxygen atoms in total. The maximum absolute atomic E-state index is 15.4. The van der Waals surface area contributed by atoms with Crippen LogP contribution in [0.3, 0.4) is 0 Å². The van der Waals surface area contributed by atoms with Crippen LogP contribution in [0.1, 0.15) is 79.7 Å². The van der Waals surface area contributed by atoms with Crippen LogP contribution in [0.5, 0.6) is 0 Å². The summed E-state index contributed by atoms with van der Waals surface area (Å²) in [6, 6.07) is 5.67. The number of amides is 1. The number of aromatic nitrogens is 2. The second-order valence-corrected chi connectivity index (χ2v) is 12.4. The molecule has 41 heavy (non-hydrogen) atoms. The number of aryl methyl sites for hydroxylation is 1. The number of aliphatic hydroxyl groups is 1. The number of halogens is 2. The standard InChI is InChI=1S/C27H40ClFN6O2.C4H10/c1-17-7-8-21(13-23(17)35(19(3)36)12-10-26(4,5)37)32-24-22(28)14-31-25(33-24)34-15-18(2)27(6,29)20(16-34)9-11-30;1-3-4-2/h7-8,13-14,18,20,37H,9-12,15-16,30H2,1-6H3,(H,31,32,33);3-4H2,1-2H3. The van der Waals surface area contributed by atoms with Crippen LogP contribution in [0.4, 0.5) is 27.5 Å². The summed E-state index contributed by atoms with van der Waals surface area (Å²) in [6.07, 6.45) is 5.19. The summed E-state index contributed by atoms with van der Waals surface area (Å²) in [4.78, 5) is 25.2. The minimum absolute atomic E-state index is 0.113. The normalized spacial score (nSPS) is 20.7. The lowest BCUT2D eigenvalue weighted by atomic mass is 9.75. The van der Waals surface area contributed by atoms with Crippen LogP contribution in [-0.2, 0) is 4.79 Å². The van der Waals surface area contributed by atoms with Gasteiger partial charge in [0.05, 0.1) is 11.8 Å². The zero-order chi connectivity index (χ0) is 31.0. The predicted molar refractivity (Wildman–Crippen MR) is 169 cm³/mol. The number of anilines is 4. The van der Waals surface area contributed by atoms with Gasteiger partial charge in [0.1, 0.15) is 10.7 Å². The van der Waals surface area contributed by atoms with E-state index in [9.17, 15) is 9.90 Å². The van der Waals surface area contributed by atoms with Crippen LogP contribution in [0.15, 0.2) is 24.4 Å². The predicted octanol–water partition coefficient (Wildman–Crippen LogP) is 6.65. The summed E-state index contributed by atoms with van der Waals surface area (Å²) in [5.74, 6) is 0.341. The lowest BCUT2D eigenvalue weighted by Crippen LogP contribution is -2.54. The summed E-state index contributed by atoms with van der Waals surface area (Å²) in [6.45, 7) is 16.6. The molecule has 1 amide bonds. The summed E-state index contributed by atoms with van der Waals surface area (Å²) in [5.41, 5.74) is 5.92. The Labute approximate surface area is 250 Å². The van der Waals surface area contributed by atoms with Gasteiger partial charge in [-0.1, -0.05) is 51.3 Å². The molecule has 4 N–H and O–H groups in total. The van der Waals surface area contributed by atoms with Gasteiger partial charge in [-0.05, 0) is 64.8 Å². The number of nitrogens with one attached hydrogen (secondary N) is 1. The van der Waals surface area contributed by atoms with E-state index in [0.717, 1.165) is 11.3 Å². The molecule has 1 fully saturated rings. The van der Waals surface area contributed by atoms with Crippen molar-refractivity contribution in [2.45, 2.75) is 92.3 Å². The topological polar surface area (TPSA) is 108 Å². The number of carbonyl (C=O) groups is 1.